The molecular weight excluding hydrogens is 1650 g/mol. The molecule has 0 aliphatic heterocycles. The van der Waals surface area contributed by atoms with Crippen LogP contribution < -0.4 is 130 Å². The van der Waals surface area contributed by atoms with Crippen molar-refractivity contribution in [2.75, 3.05) is 50.8 Å². The lowest BCUT2D eigenvalue weighted by Crippen LogP contribution is -2.61. The van der Waals surface area contributed by atoms with Crippen LogP contribution in [-0.4, -0.2) is 259 Å². The van der Waals surface area contributed by atoms with Gasteiger partial charge in [-0.15, -0.1) is 0 Å². The van der Waals surface area contributed by atoms with E-state index >= 15 is 0 Å². The number of rotatable bonds is 58. The minimum absolute atomic E-state index is 0.00768. The standard InChI is InChI=1S/C75H122N28O18S2/c1-7-39(4)57(71(121)102-53(37-123)70(120)93-41(6)61(111)98-50(32-43-20-12-9-13-21-43)67(117)95-45(58(108)59(77)109)23-15-27-87-73(80)81)103-65(115)47(25-17-29-89-75(84)85)96-68(118)51(33-56(106)107)100-66(116)48(30-38(2)3)99-64(114)46(24-16-28-88-74(82)83)94-55(105)35-90-54(104)34-91-63(113)49(31-42-18-10-8-11-19-42)97-60(110)40(5)92-69(119)52(36-122)101-62(112)44(76)22-14-26-86-72(78)79/h8-13,18-21,38-41,44-53,57,122-123H,7,14-17,22-37,76H2,1-6H3,(H2,77,109)(H,90,104)(H,91,113)(H,92,119)(H,93,120)(H,94,105)(H,95,117)(H,96,118)(H,97,110)(H,98,111)(H,99,114)(H,100,116)(H,101,112)(H,102,121)(H,103,115)(H,106,107)(H4,78,79,86)(H4,80,81,87)(H4,82,83,88)(H4,84,85,89)/t39-,40+,41+,44-,45-,46-,47-,48-,49-,50-,51-,52-,53-,57-/m0/s1. The number of carbonyl (C=O) groups is 17. The van der Waals surface area contributed by atoms with Gasteiger partial charge in [0.15, 0.2) is 23.8 Å². The number of primary amides is 1. The van der Waals surface area contributed by atoms with Gasteiger partial charge in [0.2, 0.25) is 88.5 Å². The molecule has 0 aliphatic rings. The summed E-state index contributed by atoms with van der Waals surface area (Å²) >= 11 is 8.43. The Labute approximate surface area is 722 Å². The number of nitrogens with two attached hydrogens (primary N) is 6. The fourth-order valence-electron chi connectivity index (χ4n) is 11.6. The summed E-state index contributed by atoms with van der Waals surface area (Å²) in [4.78, 5) is 232. The number of carbonyl (C=O) groups excluding carboxylic acids is 16. The first kappa shape index (κ1) is 106. The minimum atomic E-state index is -2.00. The van der Waals surface area contributed by atoms with Crippen LogP contribution in [0.1, 0.15) is 123 Å². The zero-order chi connectivity index (χ0) is 92.6. The first-order chi connectivity index (χ1) is 58.0. The Morgan fingerprint density at radius 3 is 1.15 bits per heavy atom. The van der Waals surface area contributed by atoms with Crippen molar-refractivity contribution < 1.29 is 86.6 Å². The lowest BCUT2D eigenvalue weighted by Gasteiger charge is -2.29. The number of amides is 15. The second kappa shape index (κ2) is 56.8. The molecule has 0 aliphatic carbocycles. The molecule has 0 saturated carbocycles. The molecule has 0 saturated heterocycles. The second-order valence-corrected chi connectivity index (χ2v) is 29.9. The van der Waals surface area contributed by atoms with Gasteiger partial charge in [-0.1, -0.05) is 94.8 Å². The van der Waals surface area contributed by atoms with Crippen LogP contribution in [0.3, 0.4) is 0 Å². The summed E-state index contributed by atoms with van der Waals surface area (Å²) in [5.74, 6) is -20.7. The lowest BCUT2D eigenvalue weighted by atomic mass is 9.97. The van der Waals surface area contributed by atoms with E-state index in [1.165, 1.54) is 13.8 Å². The van der Waals surface area contributed by atoms with Gasteiger partial charge in [0, 0.05) is 50.5 Å². The number of nitrogens with one attached hydrogen (secondary N) is 22. The van der Waals surface area contributed by atoms with Crippen LogP contribution in [0.15, 0.2) is 60.7 Å². The van der Waals surface area contributed by atoms with Crippen molar-refractivity contribution >= 4 is 149 Å². The Morgan fingerprint density at radius 1 is 0.374 bits per heavy atom. The van der Waals surface area contributed by atoms with E-state index in [4.69, 9.17) is 56.0 Å². The number of hydrogen-bond acceptors (Lipinski definition) is 24. The molecule has 15 amide bonds. The van der Waals surface area contributed by atoms with Gasteiger partial charge in [-0.05, 0) is 94.6 Å². The summed E-state index contributed by atoms with van der Waals surface area (Å²) in [6, 6.07) is -2.33. The van der Waals surface area contributed by atoms with E-state index < -0.39 is 228 Å². The van der Waals surface area contributed by atoms with Crippen molar-refractivity contribution in [1.82, 2.24) is 95.7 Å². The highest BCUT2D eigenvalue weighted by Crippen LogP contribution is 2.15. The summed E-state index contributed by atoms with van der Waals surface area (Å²) in [5.41, 5.74) is 34.0. The molecule has 0 heterocycles. The highest BCUT2D eigenvalue weighted by molar-refractivity contribution is 7.80. The molecule has 35 N–H and O–H groups in total. The first-order valence-electron chi connectivity index (χ1n) is 39.6. The Bertz CT molecular complexity index is 3970. The fourth-order valence-corrected chi connectivity index (χ4v) is 12.1. The van der Waals surface area contributed by atoms with Gasteiger partial charge in [-0.25, -0.2) is 0 Å². The molecule has 0 unspecified atom stereocenters. The number of guanidine groups is 4. The molecule has 123 heavy (non-hydrogen) atoms. The first-order valence-corrected chi connectivity index (χ1v) is 40.9. The predicted molar refractivity (Wildman–Crippen MR) is 458 cm³/mol. The highest BCUT2D eigenvalue weighted by atomic mass is 32.1. The minimum Gasteiger partial charge on any atom is -0.481 e. The summed E-state index contributed by atoms with van der Waals surface area (Å²) in [7, 11) is 0. The van der Waals surface area contributed by atoms with Gasteiger partial charge in [0.25, 0.3) is 5.91 Å². The third-order valence-corrected chi connectivity index (χ3v) is 19.2. The number of hydrogen-bond donors (Lipinski definition) is 31. The number of ketones is 1. The van der Waals surface area contributed by atoms with Gasteiger partial charge in [0.1, 0.15) is 66.5 Å². The van der Waals surface area contributed by atoms with Crippen LogP contribution in [0.5, 0.6) is 0 Å². The molecule has 0 radical (unpaired) electrons. The van der Waals surface area contributed by atoms with Crippen molar-refractivity contribution in [1.29, 1.82) is 21.6 Å². The van der Waals surface area contributed by atoms with Gasteiger partial charge in [-0.3, -0.25) is 103 Å². The van der Waals surface area contributed by atoms with Gasteiger partial charge in [-0.2, -0.15) is 25.3 Å². The summed E-state index contributed by atoms with van der Waals surface area (Å²) in [6.07, 6.45) is -1.30. The zero-order valence-electron chi connectivity index (χ0n) is 69.5. The largest absolute Gasteiger partial charge is 0.481 e. The normalized spacial score (nSPS) is 14.3. The molecule has 0 aromatic heterocycles. The van der Waals surface area contributed by atoms with E-state index in [9.17, 15) is 86.6 Å². The van der Waals surface area contributed by atoms with Crippen molar-refractivity contribution in [2.24, 2.45) is 46.2 Å². The summed E-state index contributed by atoms with van der Waals surface area (Å²) < 4.78 is 0. The van der Waals surface area contributed by atoms with Crippen molar-refractivity contribution in [3.05, 3.63) is 71.8 Å². The maximum absolute atomic E-state index is 14.6. The number of thiol groups is 2. The molecule has 682 valence electrons. The molecule has 48 heteroatoms. The summed E-state index contributed by atoms with van der Waals surface area (Å²) in [6.45, 7) is 7.83. The molecule has 0 fully saturated rings. The van der Waals surface area contributed by atoms with Crippen molar-refractivity contribution in [2.45, 2.75) is 204 Å². The lowest BCUT2D eigenvalue weighted by molar-refractivity contribution is -0.142. The fraction of sp³-hybridized carbons (Fsp3) is 0.560. The van der Waals surface area contributed by atoms with Crippen LogP contribution in [0, 0.1) is 33.5 Å². The smallest absolute Gasteiger partial charge is 0.305 e. The topological polar surface area (TPSA) is 778 Å². The third kappa shape index (κ3) is 42.9. The van der Waals surface area contributed by atoms with E-state index in [-0.39, 0.29) is 114 Å². The van der Waals surface area contributed by atoms with E-state index in [0.29, 0.717) is 17.5 Å². The van der Waals surface area contributed by atoms with E-state index in [2.05, 4.69) is 121 Å². The van der Waals surface area contributed by atoms with Gasteiger partial charge in [0.05, 0.1) is 31.6 Å². The van der Waals surface area contributed by atoms with Crippen LogP contribution in [0.2, 0.25) is 0 Å². The Hall–Kier alpha value is -12.6. The van der Waals surface area contributed by atoms with E-state index in [1.807, 2.05) is 0 Å². The quantitative estimate of drug-likeness (QED) is 0.00961. The summed E-state index contributed by atoms with van der Waals surface area (Å²) in [5, 5.41) is 84.8. The number of carboxylic acid groups (broad SMARTS) is 1. The Morgan fingerprint density at radius 2 is 0.724 bits per heavy atom. The van der Waals surface area contributed by atoms with Gasteiger partial charge < -0.3 is 135 Å². The van der Waals surface area contributed by atoms with Gasteiger partial charge >= 0.3 is 5.97 Å². The number of benzene rings is 2. The van der Waals surface area contributed by atoms with Crippen molar-refractivity contribution in [3.8, 4) is 0 Å². The highest BCUT2D eigenvalue weighted by Gasteiger charge is 2.38. The number of aliphatic carboxylic acids is 1. The number of carboxylic acids is 1. The zero-order valence-corrected chi connectivity index (χ0v) is 71.3. The monoisotopic (exact) mass is 1770 g/mol. The van der Waals surface area contributed by atoms with Crippen LogP contribution in [0.25, 0.3) is 0 Å². The second-order valence-electron chi connectivity index (χ2n) is 29.2. The van der Waals surface area contributed by atoms with Crippen LogP contribution in [0.4, 0.5) is 0 Å². The molecule has 2 aromatic carbocycles. The molecular formula is C75H122N28O18S2. The van der Waals surface area contributed by atoms with Crippen LogP contribution in [-0.2, 0) is 94.3 Å². The molecule has 14 atom stereocenters. The number of Topliss-reactive ketones (excluding diaryl/α,β-unsaturated/α-hetero) is 1. The van der Waals surface area contributed by atoms with Crippen molar-refractivity contribution in [3.63, 3.8) is 0 Å². The average Bonchev–Trinajstić information content (AvgIpc) is 0.872. The molecule has 2 aromatic rings. The average molecular weight is 1770 g/mol. The molecule has 46 nitrogen and oxygen atoms in total. The Balaban J connectivity index is 2.36. The SMILES string of the molecule is CC[C@H](C)[C@H](NC(=O)[C@H](CCCNC(=N)N)NC(=O)[C@H](CC(=O)O)NC(=O)[C@H](CC(C)C)NC(=O)[C@H](CCCNC(=N)N)NC(=O)CNC(=O)CNC(=O)[C@H](Cc1ccccc1)NC(=O)[C@@H](C)NC(=O)[C@H](CS)NC(=O)[C@@H](N)CCCNC(=N)N)C(=O)N[C@@H](CS)C(=O)N[C@H](C)C(=O)N[C@@H](Cc1ccccc1)C(=O)N[C@@H](CCCNC(=N)N)C(=O)C(N)=O. The molecule has 2 rings (SSSR count). The maximum Gasteiger partial charge on any atom is 0.305 e. The van der Waals surface area contributed by atoms with E-state index in [1.54, 1.807) is 88.4 Å². The predicted octanol–water partition coefficient (Wildman–Crippen LogP) is -8.58. The molecule has 0 spiro atoms. The Kier molecular flexibility index (Phi) is 49.2. The van der Waals surface area contributed by atoms with E-state index in [0.717, 1.165) is 0 Å². The third-order valence-electron chi connectivity index (χ3n) is 18.4. The van der Waals surface area contributed by atoms with Crippen LogP contribution >= 0.6 is 25.3 Å². The maximum atomic E-state index is 14.6. The molecule has 0 bridgehead atoms.